The van der Waals surface area contributed by atoms with Gasteiger partial charge in [-0.25, -0.2) is 4.98 Å². The molecule has 2 heterocycles. The van der Waals surface area contributed by atoms with Gasteiger partial charge in [0.25, 0.3) is 11.5 Å². The molecule has 84 valence electrons. The lowest BCUT2D eigenvalue weighted by Gasteiger charge is -2.01. The number of nitrogens with one attached hydrogen (secondary N) is 1. The summed E-state index contributed by atoms with van der Waals surface area (Å²) < 4.78 is 1.45. The lowest BCUT2D eigenvalue weighted by Crippen LogP contribution is -2.31. The van der Waals surface area contributed by atoms with Crippen LogP contribution in [-0.2, 0) is 0 Å². The largest absolute Gasteiger partial charge is 0.352 e. The Hall–Kier alpha value is -1.69. The minimum Gasteiger partial charge on any atom is -0.352 e. The van der Waals surface area contributed by atoms with Crippen LogP contribution in [0.25, 0.3) is 4.96 Å². The number of aryl methyl sites for hydroxylation is 1. The summed E-state index contributed by atoms with van der Waals surface area (Å²) in [5.74, 6) is -0.375. The van der Waals surface area contributed by atoms with E-state index < -0.39 is 0 Å². The Kier molecular flexibility index (Phi) is 2.74. The van der Waals surface area contributed by atoms with E-state index in [0.717, 1.165) is 5.69 Å². The summed E-state index contributed by atoms with van der Waals surface area (Å²) in [5.41, 5.74) is 0.569. The highest BCUT2D eigenvalue weighted by atomic mass is 32.1. The molecule has 0 atom stereocenters. The summed E-state index contributed by atoms with van der Waals surface area (Å²) in [6, 6.07) is 0. The van der Waals surface area contributed by atoms with Crippen molar-refractivity contribution in [3.8, 4) is 0 Å². The van der Waals surface area contributed by atoms with Gasteiger partial charge in [-0.1, -0.05) is 0 Å². The summed E-state index contributed by atoms with van der Waals surface area (Å²) in [6.07, 6.45) is 1.33. The van der Waals surface area contributed by atoms with Gasteiger partial charge in [-0.2, -0.15) is 0 Å². The van der Waals surface area contributed by atoms with Gasteiger partial charge in [-0.05, 0) is 13.8 Å². The van der Waals surface area contributed by atoms with Crippen LogP contribution in [0.2, 0.25) is 0 Å². The molecule has 0 aromatic carbocycles. The van der Waals surface area contributed by atoms with Crippen LogP contribution in [0.5, 0.6) is 0 Å². The Bertz CT molecular complexity index is 600. The van der Waals surface area contributed by atoms with Crippen LogP contribution in [0.4, 0.5) is 0 Å². The molecule has 2 aromatic rings. The number of carbonyl (C=O) groups is 1. The molecule has 0 unspecified atom stereocenters. The van der Waals surface area contributed by atoms with Gasteiger partial charge < -0.3 is 5.32 Å². The zero-order valence-corrected chi connectivity index (χ0v) is 9.80. The zero-order valence-electron chi connectivity index (χ0n) is 8.98. The van der Waals surface area contributed by atoms with Gasteiger partial charge in [0.2, 0.25) is 0 Å². The van der Waals surface area contributed by atoms with E-state index in [-0.39, 0.29) is 17.0 Å². The highest BCUT2D eigenvalue weighted by molar-refractivity contribution is 7.15. The van der Waals surface area contributed by atoms with Crippen molar-refractivity contribution >= 4 is 22.2 Å². The highest BCUT2D eigenvalue weighted by Crippen LogP contribution is 2.10. The molecule has 0 aliphatic carbocycles. The fourth-order valence-electron chi connectivity index (χ4n) is 1.44. The van der Waals surface area contributed by atoms with Crippen LogP contribution in [0, 0.1) is 6.92 Å². The fraction of sp³-hybridized carbons (Fsp3) is 0.300. The third kappa shape index (κ3) is 1.61. The van der Waals surface area contributed by atoms with Crippen molar-refractivity contribution in [2.24, 2.45) is 0 Å². The maximum Gasteiger partial charge on any atom is 0.271 e. The van der Waals surface area contributed by atoms with E-state index in [0.29, 0.717) is 11.5 Å². The second-order valence-electron chi connectivity index (χ2n) is 3.33. The number of fused-ring (bicyclic) bond motifs is 1. The average molecular weight is 237 g/mol. The van der Waals surface area contributed by atoms with Crippen molar-refractivity contribution in [1.29, 1.82) is 0 Å². The summed E-state index contributed by atoms with van der Waals surface area (Å²) in [7, 11) is 0. The molecule has 0 radical (unpaired) electrons. The first-order chi connectivity index (χ1) is 7.65. The van der Waals surface area contributed by atoms with Gasteiger partial charge in [0.1, 0.15) is 5.56 Å². The number of aromatic nitrogens is 2. The van der Waals surface area contributed by atoms with Gasteiger partial charge in [0, 0.05) is 23.8 Å². The van der Waals surface area contributed by atoms with Crippen molar-refractivity contribution in [1.82, 2.24) is 14.7 Å². The van der Waals surface area contributed by atoms with Gasteiger partial charge >= 0.3 is 0 Å². The SMILES string of the molecule is CCNC(=O)c1cnc2scc(C)n2c1=O. The molecule has 5 nitrogen and oxygen atoms in total. The van der Waals surface area contributed by atoms with Crippen LogP contribution < -0.4 is 10.9 Å². The number of amides is 1. The van der Waals surface area contributed by atoms with E-state index in [1.165, 1.54) is 21.9 Å². The minimum atomic E-state index is -0.375. The molecule has 2 aromatic heterocycles. The van der Waals surface area contributed by atoms with Crippen molar-refractivity contribution < 1.29 is 4.79 Å². The number of hydrogen-bond donors (Lipinski definition) is 1. The van der Waals surface area contributed by atoms with E-state index in [9.17, 15) is 9.59 Å². The molecule has 1 N–H and O–H groups in total. The topological polar surface area (TPSA) is 63.5 Å². The quantitative estimate of drug-likeness (QED) is 0.840. The summed E-state index contributed by atoms with van der Waals surface area (Å²) in [4.78, 5) is 28.3. The first-order valence-corrected chi connectivity index (χ1v) is 5.77. The van der Waals surface area contributed by atoms with Crippen molar-refractivity contribution in [3.05, 3.63) is 33.2 Å². The van der Waals surface area contributed by atoms with Crippen LogP contribution in [0.1, 0.15) is 23.0 Å². The maximum atomic E-state index is 12.0. The predicted molar refractivity (Wildman–Crippen MR) is 62.1 cm³/mol. The van der Waals surface area contributed by atoms with Gasteiger partial charge in [-0.15, -0.1) is 11.3 Å². The van der Waals surface area contributed by atoms with Crippen molar-refractivity contribution in [2.45, 2.75) is 13.8 Å². The normalized spacial score (nSPS) is 10.6. The third-order valence-electron chi connectivity index (χ3n) is 2.20. The predicted octanol–water partition coefficient (Wildman–Crippen LogP) is 0.814. The van der Waals surface area contributed by atoms with Gasteiger partial charge in [0.05, 0.1) is 0 Å². The Morgan fingerprint density at radius 1 is 1.62 bits per heavy atom. The third-order valence-corrected chi connectivity index (χ3v) is 3.16. The van der Waals surface area contributed by atoms with E-state index >= 15 is 0 Å². The number of carbonyl (C=O) groups excluding carboxylic acids is 1. The van der Waals surface area contributed by atoms with Crippen LogP contribution in [0.15, 0.2) is 16.4 Å². The summed E-state index contributed by atoms with van der Waals surface area (Å²) in [5, 5.41) is 4.43. The standard InChI is InChI=1S/C10H11N3O2S/c1-3-11-8(14)7-4-12-10-13(9(7)15)6(2)5-16-10/h4-5H,3H2,1-2H3,(H,11,14). The lowest BCUT2D eigenvalue weighted by atomic mass is 10.3. The Labute approximate surface area is 95.8 Å². The molecule has 1 amide bonds. The van der Waals surface area contributed by atoms with E-state index in [2.05, 4.69) is 10.3 Å². The summed E-state index contributed by atoms with van der Waals surface area (Å²) in [6.45, 7) is 4.11. The van der Waals surface area contributed by atoms with Crippen molar-refractivity contribution in [2.75, 3.05) is 6.54 Å². The molecule has 0 saturated carbocycles. The molecule has 0 spiro atoms. The van der Waals surface area contributed by atoms with E-state index in [1.807, 2.05) is 12.3 Å². The molecule has 0 bridgehead atoms. The second kappa shape index (κ2) is 4.05. The minimum absolute atomic E-state index is 0.0841. The number of thiazole rings is 1. The smallest absolute Gasteiger partial charge is 0.271 e. The molecule has 6 heteroatoms. The molecule has 0 aliphatic heterocycles. The maximum absolute atomic E-state index is 12.0. The summed E-state index contributed by atoms with van der Waals surface area (Å²) >= 11 is 1.38. The van der Waals surface area contributed by atoms with Gasteiger partial charge in [-0.3, -0.25) is 14.0 Å². The number of rotatable bonds is 2. The van der Waals surface area contributed by atoms with Crippen molar-refractivity contribution in [3.63, 3.8) is 0 Å². The molecule has 0 fully saturated rings. The van der Waals surface area contributed by atoms with Crippen LogP contribution in [-0.4, -0.2) is 21.8 Å². The van der Waals surface area contributed by atoms with Crippen LogP contribution in [0.3, 0.4) is 0 Å². The number of hydrogen-bond acceptors (Lipinski definition) is 4. The number of nitrogens with zero attached hydrogens (tertiary/aromatic N) is 2. The molecular formula is C10H11N3O2S. The average Bonchev–Trinajstić information content (AvgIpc) is 2.62. The van der Waals surface area contributed by atoms with E-state index in [1.54, 1.807) is 6.92 Å². The van der Waals surface area contributed by atoms with Gasteiger partial charge in [0.15, 0.2) is 4.96 Å². The molecule has 2 rings (SSSR count). The first kappa shape index (κ1) is 10.8. The lowest BCUT2D eigenvalue weighted by molar-refractivity contribution is 0.0954. The Balaban J connectivity index is 2.64. The molecular weight excluding hydrogens is 226 g/mol. The second-order valence-corrected chi connectivity index (χ2v) is 4.17. The zero-order chi connectivity index (χ0) is 11.7. The highest BCUT2D eigenvalue weighted by Gasteiger charge is 2.13. The Morgan fingerprint density at radius 3 is 3.06 bits per heavy atom. The molecule has 0 aliphatic rings. The molecule has 0 saturated heterocycles. The monoisotopic (exact) mass is 237 g/mol. The molecule has 16 heavy (non-hydrogen) atoms. The fourth-order valence-corrected chi connectivity index (χ4v) is 2.26. The van der Waals surface area contributed by atoms with E-state index in [4.69, 9.17) is 0 Å². The van der Waals surface area contributed by atoms with Crippen LogP contribution >= 0.6 is 11.3 Å². The Morgan fingerprint density at radius 2 is 2.38 bits per heavy atom. The first-order valence-electron chi connectivity index (χ1n) is 4.89.